The van der Waals surface area contributed by atoms with Crippen molar-refractivity contribution in [1.29, 1.82) is 0 Å². The van der Waals surface area contributed by atoms with Crippen molar-refractivity contribution in [2.45, 2.75) is 56.3 Å². The lowest BCUT2D eigenvalue weighted by atomic mass is 9.99. The van der Waals surface area contributed by atoms with Crippen LogP contribution in [0.25, 0.3) is 22.0 Å². The fourth-order valence-corrected chi connectivity index (χ4v) is 7.65. The molecule has 1 aromatic heterocycles. The molecule has 8 nitrogen and oxygen atoms in total. The van der Waals surface area contributed by atoms with E-state index in [0.29, 0.717) is 26.0 Å². The van der Waals surface area contributed by atoms with Gasteiger partial charge in [0.05, 0.1) is 23.7 Å². The van der Waals surface area contributed by atoms with Gasteiger partial charge in [0.15, 0.2) is 21.3 Å². The molecule has 1 aliphatic rings. The number of nitrogens with zero attached hydrogens (tertiary/aromatic N) is 3. The van der Waals surface area contributed by atoms with Gasteiger partial charge in [0.2, 0.25) is 0 Å². The van der Waals surface area contributed by atoms with Crippen LogP contribution in [-0.2, 0) is 31.8 Å². The van der Waals surface area contributed by atoms with Gasteiger partial charge in [-0.25, -0.2) is 31.1 Å². The van der Waals surface area contributed by atoms with E-state index in [1.54, 1.807) is 0 Å². The number of ether oxygens (including phenoxy) is 2. The molecule has 1 unspecified atom stereocenters. The van der Waals surface area contributed by atoms with Crippen LogP contribution in [0.1, 0.15) is 28.9 Å². The van der Waals surface area contributed by atoms with Gasteiger partial charge in [-0.2, -0.15) is 5.10 Å². The Balaban J connectivity index is 1.75. The van der Waals surface area contributed by atoms with E-state index in [-0.39, 0.29) is 28.9 Å². The molecule has 0 amide bonds. The van der Waals surface area contributed by atoms with Gasteiger partial charge in [0.25, 0.3) is 0 Å². The molecule has 0 N–H and O–H groups in total. The van der Waals surface area contributed by atoms with Crippen molar-refractivity contribution in [1.82, 2.24) is 14.7 Å². The van der Waals surface area contributed by atoms with Crippen molar-refractivity contribution in [3.63, 3.8) is 0 Å². The highest BCUT2D eigenvalue weighted by molar-refractivity contribution is 7.91. The summed E-state index contributed by atoms with van der Waals surface area (Å²) in [5.74, 6) is -4.66. The Kier molecular flexibility index (Phi) is 9.31. The number of piperidine rings is 1. The summed E-state index contributed by atoms with van der Waals surface area (Å²) in [6.07, 6.45) is 1.16. The number of carbonyl (C=O) groups is 1. The molecule has 0 aliphatic carbocycles. The molecule has 2 aromatic carbocycles. The standard InChI is InChI=1S/C28H36F3N3O5SSi/c1-33-12-6-7-19(15-33)40(36,37)16-18-8-11-22(29)23(24(18)30)20-9-10-21-26(28(35)38-2)32-34(27(21)25(20)31)17-39-13-14-41(3,4)5/h8-11,19H,6-7,12-17H2,1-5H3. The Morgan fingerprint density at radius 2 is 1.85 bits per heavy atom. The normalized spacial score (nSPS) is 16.8. The van der Waals surface area contributed by atoms with Crippen molar-refractivity contribution in [2.24, 2.45) is 0 Å². The first kappa shape index (κ1) is 31.2. The number of benzene rings is 2. The molecule has 0 bridgehead atoms. The second-order valence-corrected chi connectivity index (χ2v) is 19.6. The fourth-order valence-electron chi connectivity index (χ4n) is 5.00. The molecule has 4 rings (SSSR count). The molecule has 2 heterocycles. The van der Waals surface area contributed by atoms with Crippen molar-refractivity contribution in [3.05, 3.63) is 53.0 Å². The summed E-state index contributed by atoms with van der Waals surface area (Å²) in [6.45, 7) is 7.83. The predicted molar refractivity (Wildman–Crippen MR) is 154 cm³/mol. The number of halogens is 3. The number of rotatable bonds is 10. The van der Waals surface area contributed by atoms with E-state index in [1.165, 1.54) is 6.07 Å². The summed E-state index contributed by atoms with van der Waals surface area (Å²) < 4.78 is 85.0. The fraction of sp³-hybridized carbons (Fsp3) is 0.500. The molecule has 1 fully saturated rings. The Morgan fingerprint density at radius 1 is 1.12 bits per heavy atom. The number of esters is 1. The van der Waals surface area contributed by atoms with Crippen molar-refractivity contribution >= 4 is 34.8 Å². The van der Waals surface area contributed by atoms with Gasteiger partial charge in [0, 0.05) is 37.7 Å². The van der Waals surface area contributed by atoms with Crippen molar-refractivity contribution in [3.8, 4) is 11.1 Å². The molecule has 41 heavy (non-hydrogen) atoms. The first-order valence-corrected chi connectivity index (χ1v) is 18.9. The molecule has 13 heteroatoms. The lowest BCUT2D eigenvalue weighted by Crippen LogP contribution is -2.40. The number of likely N-dealkylation sites (tertiary alicyclic amines) is 1. The summed E-state index contributed by atoms with van der Waals surface area (Å²) in [5.41, 5.74) is -1.71. The van der Waals surface area contributed by atoms with Gasteiger partial charge in [0.1, 0.15) is 23.9 Å². The summed E-state index contributed by atoms with van der Waals surface area (Å²) >= 11 is 0. The first-order chi connectivity index (χ1) is 19.2. The summed E-state index contributed by atoms with van der Waals surface area (Å²) in [4.78, 5) is 14.3. The highest BCUT2D eigenvalue weighted by atomic mass is 32.2. The van der Waals surface area contributed by atoms with Crippen LogP contribution in [0.3, 0.4) is 0 Å². The number of methoxy groups -OCH3 is 1. The number of aromatic nitrogens is 2. The maximum absolute atomic E-state index is 16.1. The molecule has 0 spiro atoms. The number of fused-ring (bicyclic) bond motifs is 1. The Labute approximate surface area is 239 Å². The maximum atomic E-state index is 16.1. The molecular formula is C28H36F3N3O5SSi. The van der Waals surface area contributed by atoms with Gasteiger partial charge in [-0.1, -0.05) is 31.8 Å². The Bertz CT molecular complexity index is 1560. The van der Waals surface area contributed by atoms with Gasteiger partial charge in [-0.05, 0) is 44.6 Å². The third kappa shape index (κ3) is 6.84. The van der Waals surface area contributed by atoms with E-state index in [4.69, 9.17) is 9.47 Å². The quantitative estimate of drug-likeness (QED) is 0.176. The van der Waals surface area contributed by atoms with Crippen LogP contribution in [-0.4, -0.2) is 76.2 Å². The first-order valence-electron chi connectivity index (χ1n) is 13.5. The lowest BCUT2D eigenvalue weighted by Gasteiger charge is -2.29. The smallest absolute Gasteiger partial charge is 0.359 e. The second-order valence-electron chi connectivity index (χ2n) is 11.7. The molecule has 1 aliphatic heterocycles. The van der Waals surface area contributed by atoms with Crippen molar-refractivity contribution < 1.29 is 35.9 Å². The van der Waals surface area contributed by atoms with E-state index < -0.39 is 63.5 Å². The topological polar surface area (TPSA) is 90.7 Å². The lowest BCUT2D eigenvalue weighted by molar-refractivity contribution is 0.0585. The van der Waals surface area contributed by atoms with Crippen LogP contribution in [0.2, 0.25) is 25.7 Å². The van der Waals surface area contributed by atoms with E-state index in [9.17, 15) is 13.2 Å². The number of hydrogen-bond acceptors (Lipinski definition) is 7. The zero-order chi connectivity index (χ0) is 30.1. The minimum atomic E-state index is -3.76. The van der Waals surface area contributed by atoms with E-state index >= 15 is 13.2 Å². The van der Waals surface area contributed by atoms with Crippen LogP contribution in [0.5, 0.6) is 0 Å². The molecular weight excluding hydrogens is 575 g/mol. The molecule has 224 valence electrons. The summed E-state index contributed by atoms with van der Waals surface area (Å²) in [7, 11) is -2.19. The molecule has 1 atom stereocenters. The van der Waals surface area contributed by atoms with Gasteiger partial charge < -0.3 is 14.4 Å². The van der Waals surface area contributed by atoms with Crippen molar-refractivity contribution in [2.75, 3.05) is 33.9 Å². The predicted octanol–water partition coefficient (Wildman–Crippen LogP) is 5.23. The maximum Gasteiger partial charge on any atom is 0.359 e. The third-order valence-corrected chi connectivity index (χ3v) is 11.1. The molecule has 3 aromatic rings. The van der Waals surface area contributed by atoms with Crippen LogP contribution in [0.4, 0.5) is 13.2 Å². The number of carbonyl (C=O) groups excluding carboxylic acids is 1. The molecule has 0 saturated carbocycles. The summed E-state index contributed by atoms with van der Waals surface area (Å²) in [5, 5.41) is 3.59. The van der Waals surface area contributed by atoms with Gasteiger partial charge in [-0.15, -0.1) is 0 Å². The van der Waals surface area contributed by atoms with Crippen LogP contribution >= 0.6 is 0 Å². The van der Waals surface area contributed by atoms with E-state index in [2.05, 4.69) is 24.7 Å². The molecule has 0 radical (unpaired) electrons. The zero-order valence-electron chi connectivity index (χ0n) is 24.0. The van der Waals surface area contributed by atoms with Crippen LogP contribution in [0.15, 0.2) is 24.3 Å². The van der Waals surface area contributed by atoms with E-state index in [1.807, 2.05) is 11.9 Å². The largest absolute Gasteiger partial charge is 0.464 e. The van der Waals surface area contributed by atoms with Gasteiger partial charge in [-0.3, -0.25) is 0 Å². The van der Waals surface area contributed by atoms with Crippen LogP contribution in [0, 0.1) is 17.5 Å². The highest BCUT2D eigenvalue weighted by Gasteiger charge is 2.32. The third-order valence-electron chi connectivity index (χ3n) is 7.33. The average molecular weight is 612 g/mol. The Hall–Kier alpha value is -2.74. The number of hydrogen-bond donors (Lipinski definition) is 0. The zero-order valence-corrected chi connectivity index (χ0v) is 25.8. The highest BCUT2D eigenvalue weighted by Crippen LogP contribution is 2.36. The number of sulfone groups is 1. The second kappa shape index (κ2) is 12.2. The SMILES string of the molecule is COC(=O)c1nn(COCC[Si](C)(C)C)c2c(F)c(-c3c(F)ccc(CS(=O)(=O)C4CCCN(C)C4)c3F)ccc12. The van der Waals surface area contributed by atoms with Crippen LogP contribution < -0.4 is 0 Å². The minimum Gasteiger partial charge on any atom is -0.464 e. The summed E-state index contributed by atoms with van der Waals surface area (Å²) in [6, 6.07) is 5.36. The van der Waals surface area contributed by atoms with E-state index in [0.717, 1.165) is 42.6 Å². The van der Waals surface area contributed by atoms with Gasteiger partial charge >= 0.3 is 5.97 Å². The molecule has 1 saturated heterocycles. The Morgan fingerprint density at radius 3 is 2.51 bits per heavy atom. The minimum absolute atomic E-state index is 0.0906. The average Bonchev–Trinajstić information content (AvgIpc) is 3.28. The monoisotopic (exact) mass is 611 g/mol.